The minimum atomic E-state index is -4.64. The van der Waals surface area contributed by atoms with Crippen molar-refractivity contribution in [1.29, 1.82) is 0 Å². The van der Waals surface area contributed by atoms with Crippen molar-refractivity contribution in [3.8, 4) is 50.9 Å². The maximum atomic E-state index is 13.6. The van der Waals surface area contributed by atoms with E-state index in [9.17, 15) is 21.6 Å². The van der Waals surface area contributed by atoms with Crippen LogP contribution in [0.3, 0.4) is 0 Å². The van der Waals surface area contributed by atoms with Crippen molar-refractivity contribution in [3.63, 3.8) is 0 Å². The summed E-state index contributed by atoms with van der Waals surface area (Å²) >= 11 is 0. The molecule has 0 atom stereocenters. The number of alkyl halides is 3. The zero-order valence-corrected chi connectivity index (χ0v) is 23.5. The fraction of sp³-hybridized carbons (Fsp3) is 0.200. The van der Waals surface area contributed by atoms with Gasteiger partial charge in [0.1, 0.15) is 24.7 Å². The topological polar surface area (TPSA) is 96.5 Å². The number of benzene rings is 3. The SMILES string of the molecule is Cc1nc(-c2cc(-c3cccc(S(C)(=O)=O)c3)ccc2-n2cc(C(F)(F)F)nc2C)c(-c2ccc3c(c2)OCCO3)o1. The van der Waals surface area contributed by atoms with Crippen molar-refractivity contribution in [2.45, 2.75) is 24.9 Å². The number of fused-ring (bicyclic) bond motifs is 1. The molecule has 0 amide bonds. The summed E-state index contributed by atoms with van der Waals surface area (Å²) < 4.78 is 84.0. The number of hydrogen-bond donors (Lipinski definition) is 0. The number of imidazole rings is 1. The molecule has 6 rings (SSSR count). The molecule has 0 saturated carbocycles. The predicted molar refractivity (Wildman–Crippen MR) is 149 cm³/mol. The van der Waals surface area contributed by atoms with Crippen molar-refractivity contribution in [1.82, 2.24) is 14.5 Å². The highest BCUT2D eigenvalue weighted by Gasteiger charge is 2.35. The Morgan fingerprint density at radius 3 is 2.29 bits per heavy atom. The molecule has 216 valence electrons. The molecule has 0 fully saturated rings. The van der Waals surface area contributed by atoms with Gasteiger partial charge in [-0.25, -0.2) is 18.4 Å². The third kappa shape index (κ3) is 5.13. The van der Waals surface area contributed by atoms with Gasteiger partial charge in [0.15, 0.2) is 38.7 Å². The molecule has 3 heterocycles. The molecule has 5 aromatic rings. The van der Waals surface area contributed by atoms with Crippen LogP contribution in [-0.4, -0.2) is 42.4 Å². The second kappa shape index (κ2) is 10.1. The van der Waals surface area contributed by atoms with E-state index in [1.54, 1.807) is 61.5 Å². The number of aryl methyl sites for hydroxylation is 2. The number of nitrogens with zero attached hydrogens (tertiary/aromatic N) is 3. The summed E-state index contributed by atoms with van der Waals surface area (Å²) in [4.78, 5) is 8.52. The van der Waals surface area contributed by atoms with E-state index in [2.05, 4.69) is 9.97 Å². The number of aromatic nitrogens is 3. The molecule has 42 heavy (non-hydrogen) atoms. The van der Waals surface area contributed by atoms with E-state index in [-0.39, 0.29) is 10.7 Å². The van der Waals surface area contributed by atoms with E-state index in [1.807, 2.05) is 0 Å². The monoisotopic (exact) mass is 595 g/mol. The van der Waals surface area contributed by atoms with Crippen LogP contribution in [0.2, 0.25) is 0 Å². The first-order valence-electron chi connectivity index (χ1n) is 12.8. The van der Waals surface area contributed by atoms with E-state index in [4.69, 9.17) is 13.9 Å². The van der Waals surface area contributed by atoms with Crippen LogP contribution in [0.5, 0.6) is 11.5 Å². The van der Waals surface area contributed by atoms with Crippen molar-refractivity contribution < 1.29 is 35.5 Å². The van der Waals surface area contributed by atoms with Crippen LogP contribution >= 0.6 is 0 Å². The number of hydrogen-bond acceptors (Lipinski definition) is 7. The van der Waals surface area contributed by atoms with E-state index in [0.29, 0.717) is 70.0 Å². The van der Waals surface area contributed by atoms with Gasteiger partial charge in [0.2, 0.25) is 0 Å². The van der Waals surface area contributed by atoms with Gasteiger partial charge in [0, 0.05) is 30.5 Å². The molecule has 2 aromatic heterocycles. The van der Waals surface area contributed by atoms with Gasteiger partial charge in [-0.05, 0) is 60.5 Å². The number of ether oxygens (including phenoxy) is 2. The number of halogens is 3. The molecular formula is C30H24F3N3O5S. The Bertz CT molecular complexity index is 1940. The second-order valence-electron chi connectivity index (χ2n) is 9.84. The summed E-state index contributed by atoms with van der Waals surface area (Å²) in [5.41, 5.74) is 2.04. The average Bonchev–Trinajstić information content (AvgIpc) is 3.54. The van der Waals surface area contributed by atoms with E-state index < -0.39 is 21.7 Å². The van der Waals surface area contributed by atoms with Crippen molar-refractivity contribution in [2.75, 3.05) is 19.5 Å². The van der Waals surface area contributed by atoms with Crippen molar-refractivity contribution >= 4 is 9.84 Å². The molecule has 0 aliphatic carbocycles. The lowest BCUT2D eigenvalue weighted by Crippen LogP contribution is -2.15. The predicted octanol–water partition coefficient (Wildman–Crippen LogP) is 6.67. The highest BCUT2D eigenvalue weighted by atomic mass is 32.2. The third-order valence-corrected chi connectivity index (χ3v) is 7.93. The molecule has 0 unspecified atom stereocenters. The number of oxazole rings is 1. The lowest BCUT2D eigenvalue weighted by molar-refractivity contribution is -0.141. The van der Waals surface area contributed by atoms with Gasteiger partial charge in [0.05, 0.1) is 10.6 Å². The van der Waals surface area contributed by atoms with E-state index in [0.717, 1.165) is 12.5 Å². The Balaban J connectivity index is 1.58. The van der Waals surface area contributed by atoms with Gasteiger partial charge in [-0.1, -0.05) is 18.2 Å². The molecule has 8 nitrogen and oxygen atoms in total. The largest absolute Gasteiger partial charge is 0.486 e. The number of sulfone groups is 1. The molecule has 12 heteroatoms. The van der Waals surface area contributed by atoms with E-state index in [1.165, 1.54) is 17.6 Å². The zero-order chi connectivity index (χ0) is 29.8. The lowest BCUT2D eigenvalue weighted by Gasteiger charge is -2.19. The summed E-state index contributed by atoms with van der Waals surface area (Å²) in [7, 11) is -3.48. The maximum absolute atomic E-state index is 13.6. The highest BCUT2D eigenvalue weighted by molar-refractivity contribution is 7.90. The van der Waals surface area contributed by atoms with Gasteiger partial charge < -0.3 is 18.5 Å². The van der Waals surface area contributed by atoms with Crippen LogP contribution in [-0.2, 0) is 16.0 Å². The first kappa shape index (κ1) is 27.6. The van der Waals surface area contributed by atoms with Crippen LogP contribution in [0, 0.1) is 13.8 Å². The first-order valence-corrected chi connectivity index (χ1v) is 14.7. The Labute approximate surface area is 239 Å². The molecule has 1 aliphatic heterocycles. The summed E-state index contributed by atoms with van der Waals surface area (Å²) in [5.74, 6) is 1.96. The van der Waals surface area contributed by atoms with Crippen LogP contribution < -0.4 is 9.47 Å². The maximum Gasteiger partial charge on any atom is 0.434 e. The minimum absolute atomic E-state index is 0.122. The molecule has 0 N–H and O–H groups in total. The minimum Gasteiger partial charge on any atom is -0.486 e. The van der Waals surface area contributed by atoms with Gasteiger partial charge in [-0.3, -0.25) is 0 Å². The second-order valence-corrected chi connectivity index (χ2v) is 11.9. The molecule has 0 bridgehead atoms. The van der Waals surface area contributed by atoms with Crippen LogP contribution in [0.4, 0.5) is 13.2 Å². The molecular weight excluding hydrogens is 571 g/mol. The van der Waals surface area contributed by atoms with Gasteiger partial charge in [-0.15, -0.1) is 0 Å². The lowest BCUT2D eigenvalue weighted by atomic mass is 9.98. The smallest absolute Gasteiger partial charge is 0.434 e. The quantitative estimate of drug-likeness (QED) is 0.224. The summed E-state index contributed by atoms with van der Waals surface area (Å²) in [6.45, 7) is 3.98. The van der Waals surface area contributed by atoms with Gasteiger partial charge in [0.25, 0.3) is 0 Å². The third-order valence-electron chi connectivity index (χ3n) is 6.82. The Kier molecular flexibility index (Phi) is 6.60. The van der Waals surface area contributed by atoms with Crippen LogP contribution in [0.1, 0.15) is 17.4 Å². The van der Waals surface area contributed by atoms with Gasteiger partial charge in [-0.2, -0.15) is 13.2 Å². The van der Waals surface area contributed by atoms with Gasteiger partial charge >= 0.3 is 6.18 Å². The average molecular weight is 596 g/mol. The Morgan fingerprint density at radius 2 is 1.57 bits per heavy atom. The zero-order valence-electron chi connectivity index (χ0n) is 22.7. The molecule has 0 saturated heterocycles. The van der Waals surface area contributed by atoms with Crippen molar-refractivity contribution in [2.24, 2.45) is 0 Å². The van der Waals surface area contributed by atoms with Crippen LogP contribution in [0.15, 0.2) is 76.2 Å². The fourth-order valence-electron chi connectivity index (χ4n) is 4.86. The fourth-order valence-corrected chi connectivity index (χ4v) is 5.53. The molecule has 0 spiro atoms. The van der Waals surface area contributed by atoms with E-state index >= 15 is 0 Å². The first-order chi connectivity index (χ1) is 19.9. The normalized spacial score (nSPS) is 13.4. The standard InChI is InChI=1S/C30H24F3N3O5S/c1-17-34-27(30(31,32)33)16-36(17)24-9-7-20(19-5-4-6-22(13-19)42(3,37)38)14-23(24)28-29(41-18(2)35-28)21-8-10-25-26(15-21)40-12-11-39-25/h4-10,13-16H,11-12H2,1-3H3. The van der Waals surface area contributed by atoms with Crippen LogP contribution in [0.25, 0.3) is 39.4 Å². The Hall–Kier alpha value is -4.58. The summed E-state index contributed by atoms with van der Waals surface area (Å²) in [6.07, 6.45) is -2.57. The summed E-state index contributed by atoms with van der Waals surface area (Å²) in [5, 5.41) is 0. The highest BCUT2D eigenvalue weighted by Crippen LogP contribution is 2.42. The molecule has 3 aromatic carbocycles. The summed E-state index contributed by atoms with van der Waals surface area (Å²) in [6, 6.07) is 16.9. The number of rotatable bonds is 5. The molecule has 1 aliphatic rings. The van der Waals surface area contributed by atoms with Crippen molar-refractivity contribution in [3.05, 3.63) is 84.3 Å². The Morgan fingerprint density at radius 1 is 0.857 bits per heavy atom. The molecule has 0 radical (unpaired) electrons.